The number of likely N-dealkylation sites (N-methyl/N-ethyl adjacent to an activating group) is 1. The van der Waals surface area contributed by atoms with E-state index in [1.165, 1.54) is 0 Å². The number of aliphatic hydroxyl groups is 1. The number of carboxylic acid groups (broad SMARTS) is 1. The number of nitrogens with zero attached hydrogens (tertiary/aromatic N) is 2. The fourth-order valence-corrected chi connectivity index (χ4v) is 2.69. The number of rotatable bonds is 5. The molecule has 3 aromatic rings. The Bertz CT molecular complexity index is 870. The Hall–Kier alpha value is -2.89. The molecule has 0 bridgehead atoms. The highest BCUT2D eigenvalue weighted by Crippen LogP contribution is 2.26. The number of carbonyl (C=O) groups is 1. The summed E-state index contributed by atoms with van der Waals surface area (Å²) in [5.41, 5.74) is 4.37. The van der Waals surface area contributed by atoms with Gasteiger partial charge in [0.25, 0.3) is 0 Å². The molecule has 0 saturated heterocycles. The van der Waals surface area contributed by atoms with Crippen molar-refractivity contribution in [1.29, 1.82) is 0 Å². The molecule has 1 aromatic heterocycles. The van der Waals surface area contributed by atoms with Gasteiger partial charge in [-0.2, -0.15) is 0 Å². The van der Waals surface area contributed by atoms with E-state index in [1.54, 1.807) is 18.2 Å². The molecule has 5 nitrogen and oxygen atoms in total. The molecule has 1 heterocycles. The second-order valence-corrected chi connectivity index (χ2v) is 6.44. The summed E-state index contributed by atoms with van der Waals surface area (Å²) in [6.07, 6.45) is 0. The van der Waals surface area contributed by atoms with E-state index in [2.05, 4.69) is 10.6 Å². The van der Waals surface area contributed by atoms with E-state index in [0.717, 1.165) is 29.2 Å². The summed E-state index contributed by atoms with van der Waals surface area (Å²) in [6.45, 7) is 3.03. The molecular formula is C22H26N2O3. The molecule has 5 heteroatoms. The highest BCUT2D eigenvalue weighted by molar-refractivity contribution is 5.88. The lowest BCUT2D eigenvalue weighted by molar-refractivity contribution is 0.0697. The third-order valence-corrected chi connectivity index (χ3v) is 4.04. The fraction of sp³-hybridized carbons (Fsp3) is 0.227. The SMILES string of the molecule is CN(C)CCO.Cc1ccc(-c2ccccc2)n1-c1cccc(C(=O)O)c1. The van der Waals surface area contributed by atoms with Crippen molar-refractivity contribution in [3.05, 3.63) is 78.0 Å². The van der Waals surface area contributed by atoms with Gasteiger partial charge in [-0.3, -0.25) is 0 Å². The van der Waals surface area contributed by atoms with Crippen molar-refractivity contribution in [1.82, 2.24) is 9.47 Å². The van der Waals surface area contributed by atoms with Crippen molar-refractivity contribution in [3.63, 3.8) is 0 Å². The Kier molecular flexibility index (Phi) is 7.34. The van der Waals surface area contributed by atoms with Gasteiger partial charge < -0.3 is 19.7 Å². The van der Waals surface area contributed by atoms with Gasteiger partial charge in [0, 0.05) is 17.9 Å². The molecule has 0 fully saturated rings. The van der Waals surface area contributed by atoms with Crippen LogP contribution in [0.1, 0.15) is 16.1 Å². The van der Waals surface area contributed by atoms with Crippen molar-refractivity contribution < 1.29 is 15.0 Å². The average molecular weight is 366 g/mol. The van der Waals surface area contributed by atoms with Crippen LogP contribution in [0.25, 0.3) is 16.9 Å². The van der Waals surface area contributed by atoms with Crippen molar-refractivity contribution in [2.24, 2.45) is 0 Å². The van der Waals surface area contributed by atoms with Crippen molar-refractivity contribution in [3.8, 4) is 16.9 Å². The van der Waals surface area contributed by atoms with E-state index in [0.29, 0.717) is 5.56 Å². The van der Waals surface area contributed by atoms with E-state index < -0.39 is 5.97 Å². The number of aromatic carboxylic acids is 1. The Morgan fingerprint density at radius 2 is 1.70 bits per heavy atom. The number of benzene rings is 2. The lowest BCUT2D eigenvalue weighted by atomic mass is 10.1. The summed E-state index contributed by atoms with van der Waals surface area (Å²) in [6, 6.07) is 21.2. The normalized spacial score (nSPS) is 10.4. The lowest BCUT2D eigenvalue weighted by Crippen LogP contribution is -2.15. The lowest BCUT2D eigenvalue weighted by Gasteiger charge is -2.12. The number of hydrogen-bond acceptors (Lipinski definition) is 3. The number of aliphatic hydroxyl groups excluding tert-OH is 1. The fourth-order valence-electron chi connectivity index (χ4n) is 2.69. The molecule has 3 rings (SSSR count). The van der Waals surface area contributed by atoms with Gasteiger partial charge in [0.1, 0.15) is 0 Å². The van der Waals surface area contributed by atoms with E-state index in [1.807, 2.05) is 68.4 Å². The number of aryl methyl sites for hydroxylation is 1. The second-order valence-electron chi connectivity index (χ2n) is 6.44. The average Bonchev–Trinajstić information content (AvgIpc) is 3.04. The Labute approximate surface area is 160 Å². The Morgan fingerprint density at radius 3 is 2.26 bits per heavy atom. The second kappa shape index (κ2) is 9.71. The maximum atomic E-state index is 11.2. The van der Waals surface area contributed by atoms with Gasteiger partial charge in [0.15, 0.2) is 0 Å². The minimum absolute atomic E-state index is 0.257. The summed E-state index contributed by atoms with van der Waals surface area (Å²) in [4.78, 5) is 13.1. The molecular weight excluding hydrogens is 340 g/mol. The first-order chi connectivity index (χ1) is 12.9. The summed E-state index contributed by atoms with van der Waals surface area (Å²) in [5, 5.41) is 17.3. The van der Waals surface area contributed by atoms with Crippen molar-refractivity contribution in [2.45, 2.75) is 6.92 Å². The smallest absolute Gasteiger partial charge is 0.335 e. The molecule has 0 amide bonds. The van der Waals surface area contributed by atoms with Gasteiger partial charge >= 0.3 is 5.97 Å². The molecule has 0 unspecified atom stereocenters. The van der Waals surface area contributed by atoms with Crippen LogP contribution in [0.2, 0.25) is 0 Å². The van der Waals surface area contributed by atoms with Gasteiger partial charge in [-0.15, -0.1) is 0 Å². The molecule has 0 aliphatic carbocycles. The molecule has 0 aliphatic heterocycles. The van der Waals surface area contributed by atoms with Crippen LogP contribution in [-0.2, 0) is 0 Å². The van der Waals surface area contributed by atoms with Crippen LogP contribution in [0.5, 0.6) is 0 Å². The zero-order valence-electron chi connectivity index (χ0n) is 16.0. The topological polar surface area (TPSA) is 65.7 Å². The van der Waals surface area contributed by atoms with Crippen LogP contribution in [0, 0.1) is 6.92 Å². The summed E-state index contributed by atoms with van der Waals surface area (Å²) >= 11 is 0. The molecule has 0 saturated carbocycles. The van der Waals surface area contributed by atoms with Crippen LogP contribution < -0.4 is 0 Å². The minimum Gasteiger partial charge on any atom is -0.478 e. The highest BCUT2D eigenvalue weighted by atomic mass is 16.4. The van der Waals surface area contributed by atoms with Crippen molar-refractivity contribution in [2.75, 3.05) is 27.2 Å². The first-order valence-electron chi connectivity index (χ1n) is 8.77. The molecule has 2 N–H and O–H groups in total. The monoisotopic (exact) mass is 366 g/mol. The molecule has 27 heavy (non-hydrogen) atoms. The zero-order valence-corrected chi connectivity index (χ0v) is 16.0. The van der Waals surface area contributed by atoms with Crippen LogP contribution in [0.4, 0.5) is 0 Å². The first-order valence-corrected chi connectivity index (χ1v) is 8.77. The maximum absolute atomic E-state index is 11.2. The highest BCUT2D eigenvalue weighted by Gasteiger charge is 2.11. The van der Waals surface area contributed by atoms with Crippen LogP contribution in [-0.4, -0.2) is 52.9 Å². The standard InChI is InChI=1S/C18H15NO2.C4H11NO/c1-13-10-11-17(14-6-3-2-4-7-14)19(13)16-9-5-8-15(12-16)18(20)21;1-5(2)3-4-6/h2-12H,1H3,(H,20,21);6H,3-4H2,1-2H3. The molecule has 142 valence electrons. The number of aromatic nitrogens is 1. The minimum atomic E-state index is -0.914. The van der Waals surface area contributed by atoms with E-state index in [9.17, 15) is 4.79 Å². The third kappa shape index (κ3) is 5.54. The summed E-state index contributed by atoms with van der Waals surface area (Å²) in [5.74, 6) is -0.914. The predicted molar refractivity (Wildman–Crippen MR) is 109 cm³/mol. The Morgan fingerprint density at radius 1 is 1.00 bits per heavy atom. The van der Waals surface area contributed by atoms with E-state index >= 15 is 0 Å². The van der Waals surface area contributed by atoms with Gasteiger partial charge in [0.2, 0.25) is 0 Å². The quantitative estimate of drug-likeness (QED) is 0.723. The molecule has 2 aromatic carbocycles. The molecule has 0 spiro atoms. The number of hydrogen-bond donors (Lipinski definition) is 2. The maximum Gasteiger partial charge on any atom is 0.335 e. The molecule has 0 radical (unpaired) electrons. The molecule has 0 atom stereocenters. The van der Waals surface area contributed by atoms with Crippen LogP contribution in [0.3, 0.4) is 0 Å². The van der Waals surface area contributed by atoms with Crippen molar-refractivity contribution >= 4 is 5.97 Å². The third-order valence-electron chi connectivity index (χ3n) is 4.04. The van der Waals surface area contributed by atoms with E-state index in [4.69, 9.17) is 10.2 Å². The summed E-state index contributed by atoms with van der Waals surface area (Å²) < 4.78 is 2.07. The van der Waals surface area contributed by atoms with Gasteiger partial charge in [-0.1, -0.05) is 36.4 Å². The van der Waals surface area contributed by atoms with Crippen LogP contribution in [0.15, 0.2) is 66.7 Å². The van der Waals surface area contributed by atoms with Gasteiger partial charge in [-0.05, 0) is 56.9 Å². The first kappa shape index (κ1) is 20.4. The summed E-state index contributed by atoms with van der Waals surface area (Å²) in [7, 11) is 3.85. The van der Waals surface area contributed by atoms with Gasteiger partial charge in [-0.25, -0.2) is 4.79 Å². The Balaban J connectivity index is 0.000000380. The van der Waals surface area contributed by atoms with Gasteiger partial charge in [0.05, 0.1) is 17.9 Å². The largest absolute Gasteiger partial charge is 0.478 e. The molecule has 0 aliphatic rings. The zero-order chi connectivity index (χ0) is 19.8. The number of carboxylic acids is 1. The predicted octanol–water partition coefficient (Wildman–Crippen LogP) is 3.69. The van der Waals surface area contributed by atoms with E-state index in [-0.39, 0.29) is 6.61 Å². The van der Waals surface area contributed by atoms with Crippen LogP contribution >= 0.6 is 0 Å².